The van der Waals surface area contributed by atoms with E-state index in [0.29, 0.717) is 11.4 Å². The van der Waals surface area contributed by atoms with Crippen LogP contribution in [0.25, 0.3) is 10.8 Å². The first-order valence-electron chi connectivity index (χ1n) is 6.82. The van der Waals surface area contributed by atoms with E-state index in [9.17, 15) is 13.2 Å². The molecule has 118 valence electrons. The monoisotopic (exact) mass is 335 g/mol. The SMILES string of the molecule is Cc1cc(C(F)(F)F)nc(SCc2nccc3ccccc23)n1. The number of thioether (sulfide) groups is 1. The molecule has 0 N–H and O–H groups in total. The Balaban J connectivity index is 1.87. The van der Waals surface area contributed by atoms with Gasteiger partial charge in [0.1, 0.15) is 5.69 Å². The lowest BCUT2D eigenvalue weighted by Gasteiger charge is -2.09. The number of nitrogens with zero attached hydrogens (tertiary/aromatic N) is 3. The number of rotatable bonds is 3. The summed E-state index contributed by atoms with van der Waals surface area (Å²) in [6.07, 6.45) is -2.78. The van der Waals surface area contributed by atoms with Crippen molar-refractivity contribution in [3.05, 3.63) is 59.7 Å². The van der Waals surface area contributed by atoms with Crippen molar-refractivity contribution < 1.29 is 13.2 Å². The minimum Gasteiger partial charge on any atom is -0.260 e. The molecule has 0 aliphatic heterocycles. The number of hydrogen-bond donors (Lipinski definition) is 0. The van der Waals surface area contributed by atoms with Crippen molar-refractivity contribution in [2.24, 2.45) is 0 Å². The fourth-order valence-electron chi connectivity index (χ4n) is 2.18. The fourth-order valence-corrected chi connectivity index (χ4v) is 3.05. The van der Waals surface area contributed by atoms with Gasteiger partial charge in [0.15, 0.2) is 5.16 Å². The Morgan fingerprint density at radius 1 is 1.09 bits per heavy atom. The molecule has 0 saturated carbocycles. The summed E-state index contributed by atoms with van der Waals surface area (Å²) in [5.41, 5.74) is 0.172. The van der Waals surface area contributed by atoms with E-state index >= 15 is 0 Å². The third-order valence-corrected chi connectivity index (χ3v) is 4.08. The van der Waals surface area contributed by atoms with Crippen molar-refractivity contribution in [2.75, 3.05) is 0 Å². The number of pyridine rings is 1. The minimum absolute atomic E-state index is 0.104. The van der Waals surface area contributed by atoms with E-state index in [4.69, 9.17) is 0 Å². The first-order valence-corrected chi connectivity index (χ1v) is 7.80. The van der Waals surface area contributed by atoms with E-state index < -0.39 is 11.9 Å². The molecule has 23 heavy (non-hydrogen) atoms. The number of alkyl halides is 3. The van der Waals surface area contributed by atoms with Crippen molar-refractivity contribution >= 4 is 22.5 Å². The number of aromatic nitrogens is 3. The molecule has 2 heterocycles. The smallest absolute Gasteiger partial charge is 0.260 e. The molecule has 0 atom stereocenters. The molecule has 0 amide bonds. The lowest BCUT2D eigenvalue weighted by molar-refractivity contribution is -0.141. The second kappa shape index (κ2) is 6.16. The Labute approximate surface area is 135 Å². The van der Waals surface area contributed by atoms with Gasteiger partial charge in [-0.05, 0) is 24.4 Å². The van der Waals surface area contributed by atoms with Crippen LogP contribution in [0.1, 0.15) is 17.1 Å². The van der Waals surface area contributed by atoms with Crippen molar-refractivity contribution in [2.45, 2.75) is 24.0 Å². The zero-order valence-electron chi connectivity index (χ0n) is 12.1. The fraction of sp³-hybridized carbons (Fsp3) is 0.188. The van der Waals surface area contributed by atoms with Gasteiger partial charge in [0.2, 0.25) is 0 Å². The summed E-state index contributed by atoms with van der Waals surface area (Å²) in [6, 6.07) is 10.6. The predicted octanol–water partition coefficient (Wildman–Crippen LogP) is 4.64. The van der Waals surface area contributed by atoms with Gasteiger partial charge in [0, 0.05) is 23.0 Å². The van der Waals surface area contributed by atoms with Crippen LogP contribution in [-0.4, -0.2) is 15.0 Å². The summed E-state index contributed by atoms with van der Waals surface area (Å²) in [5.74, 6) is 0.405. The molecule has 0 aliphatic carbocycles. The van der Waals surface area contributed by atoms with Crippen LogP contribution >= 0.6 is 11.8 Å². The predicted molar refractivity (Wildman–Crippen MR) is 83.1 cm³/mol. The number of fused-ring (bicyclic) bond motifs is 1. The highest BCUT2D eigenvalue weighted by molar-refractivity contribution is 7.98. The van der Waals surface area contributed by atoms with Crippen LogP contribution in [0.3, 0.4) is 0 Å². The molecule has 0 fully saturated rings. The molecule has 0 spiro atoms. The normalized spacial score (nSPS) is 11.8. The third kappa shape index (κ3) is 3.61. The molecule has 0 aliphatic rings. The second-order valence-corrected chi connectivity index (χ2v) is 5.88. The Hall–Kier alpha value is -2.15. The van der Waals surface area contributed by atoms with Crippen LogP contribution in [0.5, 0.6) is 0 Å². The summed E-state index contributed by atoms with van der Waals surface area (Å²) < 4.78 is 38.4. The molecule has 0 radical (unpaired) electrons. The van der Waals surface area contributed by atoms with Crippen LogP contribution in [0.4, 0.5) is 13.2 Å². The third-order valence-electron chi connectivity index (χ3n) is 3.22. The van der Waals surface area contributed by atoms with Gasteiger partial charge in [-0.1, -0.05) is 36.0 Å². The molecular weight excluding hydrogens is 323 g/mol. The zero-order valence-corrected chi connectivity index (χ0v) is 12.9. The molecule has 3 rings (SSSR count). The van der Waals surface area contributed by atoms with Crippen molar-refractivity contribution in [1.82, 2.24) is 15.0 Å². The molecule has 7 heteroatoms. The van der Waals surface area contributed by atoms with E-state index in [2.05, 4.69) is 15.0 Å². The lowest BCUT2D eigenvalue weighted by Crippen LogP contribution is -2.10. The van der Waals surface area contributed by atoms with Gasteiger partial charge in [-0.25, -0.2) is 9.97 Å². The number of aryl methyl sites for hydroxylation is 1. The number of benzene rings is 1. The van der Waals surface area contributed by atoms with Gasteiger partial charge in [-0.3, -0.25) is 4.98 Å². The van der Waals surface area contributed by atoms with Crippen LogP contribution in [0.15, 0.2) is 47.8 Å². The first-order chi connectivity index (χ1) is 10.9. The Morgan fingerprint density at radius 2 is 1.87 bits per heavy atom. The Kier molecular flexibility index (Phi) is 4.21. The summed E-state index contributed by atoms with van der Waals surface area (Å²) in [5, 5.41) is 2.12. The quantitative estimate of drug-likeness (QED) is 0.516. The maximum absolute atomic E-state index is 12.8. The van der Waals surface area contributed by atoms with E-state index in [1.54, 1.807) is 6.20 Å². The molecule has 2 aromatic heterocycles. The topological polar surface area (TPSA) is 38.7 Å². The Bertz CT molecular complexity index is 844. The summed E-state index contributed by atoms with van der Waals surface area (Å²) >= 11 is 1.15. The zero-order chi connectivity index (χ0) is 16.4. The standard InChI is InChI=1S/C16H12F3N3S/c1-10-8-14(16(17,18)19)22-15(21-10)23-9-13-12-5-3-2-4-11(12)6-7-20-13/h2-8H,9H2,1H3. The highest BCUT2D eigenvalue weighted by atomic mass is 32.2. The highest BCUT2D eigenvalue weighted by Gasteiger charge is 2.33. The van der Waals surface area contributed by atoms with Gasteiger partial charge in [-0.2, -0.15) is 13.2 Å². The summed E-state index contributed by atoms with van der Waals surface area (Å²) in [4.78, 5) is 12.0. The van der Waals surface area contributed by atoms with Crippen LogP contribution in [-0.2, 0) is 11.9 Å². The summed E-state index contributed by atoms with van der Waals surface area (Å²) in [6.45, 7) is 1.52. The number of hydrogen-bond acceptors (Lipinski definition) is 4. The maximum Gasteiger partial charge on any atom is 0.433 e. The molecular formula is C16H12F3N3S. The lowest BCUT2D eigenvalue weighted by atomic mass is 10.1. The molecule has 3 aromatic rings. The maximum atomic E-state index is 12.8. The summed E-state index contributed by atoms with van der Waals surface area (Å²) in [7, 11) is 0. The van der Waals surface area contributed by atoms with Gasteiger partial charge in [0.05, 0.1) is 5.69 Å². The van der Waals surface area contributed by atoms with Gasteiger partial charge in [0.25, 0.3) is 0 Å². The van der Waals surface area contributed by atoms with E-state index in [-0.39, 0.29) is 5.16 Å². The van der Waals surface area contributed by atoms with Crippen molar-refractivity contribution in [3.63, 3.8) is 0 Å². The molecule has 0 bridgehead atoms. The van der Waals surface area contributed by atoms with Crippen LogP contribution in [0, 0.1) is 6.92 Å². The average molecular weight is 335 g/mol. The molecule has 0 saturated heterocycles. The minimum atomic E-state index is -4.47. The molecule has 1 aromatic carbocycles. The van der Waals surface area contributed by atoms with Crippen molar-refractivity contribution in [3.8, 4) is 0 Å². The van der Waals surface area contributed by atoms with Crippen LogP contribution < -0.4 is 0 Å². The van der Waals surface area contributed by atoms with Gasteiger partial charge >= 0.3 is 6.18 Å². The Morgan fingerprint density at radius 3 is 2.65 bits per heavy atom. The highest BCUT2D eigenvalue weighted by Crippen LogP contribution is 2.30. The molecule has 0 unspecified atom stereocenters. The van der Waals surface area contributed by atoms with E-state index in [1.807, 2.05) is 30.3 Å². The average Bonchev–Trinajstić information content (AvgIpc) is 2.51. The van der Waals surface area contributed by atoms with E-state index in [0.717, 1.165) is 34.3 Å². The van der Waals surface area contributed by atoms with Gasteiger partial charge in [-0.15, -0.1) is 0 Å². The first kappa shape index (κ1) is 15.7. The van der Waals surface area contributed by atoms with E-state index in [1.165, 1.54) is 6.92 Å². The second-order valence-electron chi connectivity index (χ2n) is 4.94. The largest absolute Gasteiger partial charge is 0.433 e. The van der Waals surface area contributed by atoms with Gasteiger partial charge < -0.3 is 0 Å². The number of halogens is 3. The van der Waals surface area contributed by atoms with Crippen molar-refractivity contribution in [1.29, 1.82) is 0 Å². The molecule has 3 nitrogen and oxygen atoms in total. The van der Waals surface area contributed by atoms with Crippen LogP contribution in [0.2, 0.25) is 0 Å².